The van der Waals surface area contributed by atoms with Crippen LogP contribution in [0.15, 0.2) is 24.3 Å². The molecule has 1 saturated heterocycles. The van der Waals surface area contributed by atoms with E-state index in [4.69, 9.17) is 4.74 Å². The molecule has 3 rings (SSSR count). The molecule has 1 heterocycles. The first-order chi connectivity index (χ1) is 10.6. The zero-order valence-corrected chi connectivity index (χ0v) is 12.9. The number of ether oxygens (including phenoxy) is 1. The van der Waals surface area contributed by atoms with Crippen molar-refractivity contribution in [1.29, 1.82) is 0 Å². The van der Waals surface area contributed by atoms with Crippen LogP contribution < -0.4 is 10.6 Å². The fraction of sp³-hybridized carbons (Fsp3) is 0.588. The number of aliphatic hydroxyl groups excluding tert-OH is 1. The maximum atomic E-state index is 12.3. The first-order valence-electron chi connectivity index (χ1n) is 8.05. The molecule has 1 aromatic carbocycles. The molecule has 0 spiro atoms. The van der Waals surface area contributed by atoms with Crippen molar-refractivity contribution >= 4 is 5.91 Å². The van der Waals surface area contributed by atoms with Crippen LogP contribution in [0.25, 0.3) is 0 Å². The summed E-state index contributed by atoms with van der Waals surface area (Å²) in [6.07, 6.45) is 1.75. The van der Waals surface area contributed by atoms with Gasteiger partial charge in [0.2, 0.25) is 0 Å². The average molecular weight is 304 g/mol. The Labute approximate surface area is 131 Å². The van der Waals surface area contributed by atoms with Crippen LogP contribution in [0.1, 0.15) is 36.9 Å². The number of aryl methyl sites for hydroxylation is 1. The zero-order chi connectivity index (χ0) is 15.5. The molecule has 1 aromatic rings. The molecule has 3 N–H and O–H groups in total. The fourth-order valence-electron chi connectivity index (χ4n) is 3.32. The Hall–Kier alpha value is -1.43. The van der Waals surface area contributed by atoms with Crippen molar-refractivity contribution in [3.05, 3.63) is 35.4 Å². The number of amides is 1. The van der Waals surface area contributed by atoms with Crippen LogP contribution in [-0.4, -0.2) is 42.4 Å². The molecule has 4 atom stereocenters. The monoisotopic (exact) mass is 304 g/mol. The number of aliphatic hydroxyl groups is 1. The van der Waals surface area contributed by atoms with E-state index in [0.29, 0.717) is 6.61 Å². The second-order valence-electron chi connectivity index (χ2n) is 6.26. The summed E-state index contributed by atoms with van der Waals surface area (Å²) in [7, 11) is 0. The summed E-state index contributed by atoms with van der Waals surface area (Å²) in [6.45, 7) is 3.23. The Kier molecular flexibility index (Phi) is 4.76. The van der Waals surface area contributed by atoms with Crippen molar-refractivity contribution in [1.82, 2.24) is 10.6 Å². The third-order valence-corrected chi connectivity index (χ3v) is 4.62. The maximum absolute atomic E-state index is 12.3. The number of hydrogen-bond donors (Lipinski definition) is 3. The van der Waals surface area contributed by atoms with Gasteiger partial charge in [0.25, 0.3) is 5.91 Å². The van der Waals surface area contributed by atoms with Crippen molar-refractivity contribution in [2.75, 3.05) is 13.2 Å². The van der Waals surface area contributed by atoms with E-state index in [1.165, 1.54) is 11.1 Å². The van der Waals surface area contributed by atoms with E-state index in [1.807, 2.05) is 19.1 Å². The number of benzene rings is 1. The van der Waals surface area contributed by atoms with Crippen molar-refractivity contribution < 1.29 is 14.6 Å². The molecule has 0 radical (unpaired) electrons. The van der Waals surface area contributed by atoms with Crippen LogP contribution in [-0.2, 0) is 16.0 Å². The number of carbonyl (C=O) groups is 1. The smallest absolute Gasteiger partial charge is 0.250 e. The Bertz CT molecular complexity index is 528. The van der Waals surface area contributed by atoms with Gasteiger partial charge < -0.3 is 20.5 Å². The topological polar surface area (TPSA) is 70.6 Å². The van der Waals surface area contributed by atoms with Gasteiger partial charge in [0.15, 0.2) is 0 Å². The van der Waals surface area contributed by atoms with Gasteiger partial charge in [0.05, 0.1) is 12.6 Å². The SMILES string of the molecule is C[C@@H](NC1CCOC1)[C@H](O)C(=O)NC1CCc2ccccc21. The highest BCUT2D eigenvalue weighted by molar-refractivity contribution is 5.81. The lowest BCUT2D eigenvalue weighted by Crippen LogP contribution is -2.50. The highest BCUT2D eigenvalue weighted by atomic mass is 16.5. The van der Waals surface area contributed by atoms with Crippen molar-refractivity contribution in [2.45, 2.75) is 50.4 Å². The Morgan fingerprint density at radius 2 is 2.18 bits per heavy atom. The molecule has 2 aliphatic rings. The first-order valence-corrected chi connectivity index (χ1v) is 8.05. The second kappa shape index (κ2) is 6.77. The van der Waals surface area contributed by atoms with Gasteiger partial charge in [-0.05, 0) is 37.3 Å². The standard InChI is InChI=1S/C17H24N2O3/c1-11(18-13-8-9-22-10-13)16(20)17(21)19-15-7-6-12-4-2-3-5-14(12)15/h2-5,11,13,15-16,18,20H,6-10H2,1H3,(H,19,21)/t11-,13?,15?,16+/m1/s1. The predicted octanol–water partition coefficient (Wildman–Crippen LogP) is 0.918. The predicted molar refractivity (Wildman–Crippen MR) is 83.5 cm³/mol. The van der Waals surface area contributed by atoms with Crippen LogP contribution in [0.4, 0.5) is 0 Å². The molecule has 0 aromatic heterocycles. The molecule has 5 nitrogen and oxygen atoms in total. The van der Waals surface area contributed by atoms with Gasteiger partial charge in [-0.1, -0.05) is 24.3 Å². The molecule has 120 valence electrons. The van der Waals surface area contributed by atoms with Crippen LogP contribution in [0.5, 0.6) is 0 Å². The lowest BCUT2D eigenvalue weighted by atomic mass is 10.1. The third kappa shape index (κ3) is 3.32. The van der Waals surface area contributed by atoms with Crippen molar-refractivity contribution in [3.63, 3.8) is 0 Å². The van der Waals surface area contributed by atoms with Gasteiger partial charge in [0, 0.05) is 18.7 Å². The van der Waals surface area contributed by atoms with E-state index in [2.05, 4.69) is 22.8 Å². The Morgan fingerprint density at radius 3 is 2.95 bits per heavy atom. The summed E-state index contributed by atoms with van der Waals surface area (Å²) in [5.74, 6) is -0.305. The molecule has 1 fully saturated rings. The van der Waals surface area contributed by atoms with Crippen molar-refractivity contribution in [2.24, 2.45) is 0 Å². The summed E-state index contributed by atoms with van der Waals surface area (Å²) in [5, 5.41) is 16.5. The minimum absolute atomic E-state index is 0.0142. The minimum atomic E-state index is -1.05. The molecule has 1 aliphatic carbocycles. The molecular weight excluding hydrogens is 280 g/mol. The van der Waals surface area contributed by atoms with Crippen LogP contribution in [0.3, 0.4) is 0 Å². The molecule has 1 amide bonds. The molecule has 2 unspecified atom stereocenters. The van der Waals surface area contributed by atoms with E-state index >= 15 is 0 Å². The minimum Gasteiger partial charge on any atom is -0.382 e. The maximum Gasteiger partial charge on any atom is 0.250 e. The normalized spacial score (nSPS) is 26.5. The van der Waals surface area contributed by atoms with E-state index in [0.717, 1.165) is 25.9 Å². The van der Waals surface area contributed by atoms with Crippen LogP contribution >= 0.6 is 0 Å². The van der Waals surface area contributed by atoms with Crippen LogP contribution in [0.2, 0.25) is 0 Å². The number of nitrogens with one attached hydrogen (secondary N) is 2. The molecule has 5 heteroatoms. The average Bonchev–Trinajstić information content (AvgIpc) is 3.17. The lowest BCUT2D eigenvalue weighted by molar-refractivity contribution is -0.131. The number of rotatable bonds is 5. The van der Waals surface area contributed by atoms with E-state index in [9.17, 15) is 9.90 Å². The second-order valence-corrected chi connectivity index (χ2v) is 6.26. The van der Waals surface area contributed by atoms with E-state index in [1.54, 1.807) is 0 Å². The molecule has 0 bridgehead atoms. The quantitative estimate of drug-likeness (QED) is 0.756. The summed E-state index contributed by atoms with van der Waals surface area (Å²) in [6, 6.07) is 8.12. The fourth-order valence-corrected chi connectivity index (χ4v) is 3.32. The molecule has 22 heavy (non-hydrogen) atoms. The van der Waals surface area contributed by atoms with Gasteiger partial charge in [0.1, 0.15) is 6.10 Å². The van der Waals surface area contributed by atoms with Crippen molar-refractivity contribution in [3.8, 4) is 0 Å². The van der Waals surface area contributed by atoms with E-state index in [-0.39, 0.29) is 24.0 Å². The lowest BCUT2D eigenvalue weighted by Gasteiger charge is -2.24. The summed E-state index contributed by atoms with van der Waals surface area (Å²) in [4.78, 5) is 12.3. The van der Waals surface area contributed by atoms with Crippen LogP contribution in [0, 0.1) is 0 Å². The number of carbonyl (C=O) groups excluding carboxylic acids is 1. The van der Waals surface area contributed by atoms with Gasteiger partial charge >= 0.3 is 0 Å². The van der Waals surface area contributed by atoms with E-state index < -0.39 is 6.10 Å². The molecule has 0 saturated carbocycles. The first kappa shape index (κ1) is 15.5. The number of fused-ring (bicyclic) bond motifs is 1. The Morgan fingerprint density at radius 1 is 1.36 bits per heavy atom. The largest absolute Gasteiger partial charge is 0.382 e. The zero-order valence-electron chi connectivity index (χ0n) is 12.9. The highest BCUT2D eigenvalue weighted by Crippen LogP contribution is 2.30. The molecule has 1 aliphatic heterocycles. The van der Waals surface area contributed by atoms with Gasteiger partial charge in [-0.15, -0.1) is 0 Å². The Balaban J connectivity index is 1.55. The summed E-state index contributed by atoms with van der Waals surface area (Å²) >= 11 is 0. The van der Waals surface area contributed by atoms with Gasteiger partial charge in [-0.2, -0.15) is 0 Å². The summed E-state index contributed by atoms with van der Waals surface area (Å²) in [5.41, 5.74) is 2.46. The summed E-state index contributed by atoms with van der Waals surface area (Å²) < 4.78 is 5.30. The van der Waals surface area contributed by atoms with Gasteiger partial charge in [-0.25, -0.2) is 0 Å². The third-order valence-electron chi connectivity index (χ3n) is 4.62. The highest BCUT2D eigenvalue weighted by Gasteiger charge is 2.30. The number of hydrogen-bond acceptors (Lipinski definition) is 4. The van der Waals surface area contributed by atoms with Gasteiger partial charge in [-0.3, -0.25) is 4.79 Å². The molecular formula is C17H24N2O3.